The van der Waals surface area contributed by atoms with Crippen LogP contribution in [0, 0.1) is 0 Å². The predicted octanol–water partition coefficient (Wildman–Crippen LogP) is 4.67. The van der Waals surface area contributed by atoms with E-state index < -0.39 is 23.8 Å². The minimum absolute atomic E-state index is 0.00856. The molecule has 26 heavy (non-hydrogen) atoms. The summed E-state index contributed by atoms with van der Waals surface area (Å²) in [6, 6.07) is 10.4. The van der Waals surface area contributed by atoms with Gasteiger partial charge < -0.3 is 14.2 Å². The van der Waals surface area contributed by atoms with Crippen LogP contribution in [0.3, 0.4) is 0 Å². The van der Waals surface area contributed by atoms with Gasteiger partial charge in [-0.3, -0.25) is 0 Å². The SMILES string of the molecule is COCCOC(=O)C(Oc1cccc(C(F)(F)F)c1)c1ccc(Cl)cc1. The van der Waals surface area contributed by atoms with Gasteiger partial charge in [0.05, 0.1) is 12.2 Å². The Morgan fingerprint density at radius 3 is 2.42 bits per heavy atom. The Bertz CT molecular complexity index is 732. The van der Waals surface area contributed by atoms with E-state index in [1.807, 2.05) is 0 Å². The lowest BCUT2D eigenvalue weighted by Crippen LogP contribution is -2.23. The highest BCUT2D eigenvalue weighted by molar-refractivity contribution is 6.30. The quantitative estimate of drug-likeness (QED) is 0.511. The summed E-state index contributed by atoms with van der Waals surface area (Å²) < 4.78 is 54.0. The second-order valence-corrected chi connectivity index (χ2v) is 5.67. The second-order valence-electron chi connectivity index (χ2n) is 5.24. The molecule has 0 heterocycles. The van der Waals surface area contributed by atoms with Crippen molar-refractivity contribution in [3.05, 3.63) is 64.7 Å². The molecule has 2 aromatic carbocycles. The highest BCUT2D eigenvalue weighted by Crippen LogP contribution is 2.33. The van der Waals surface area contributed by atoms with Crippen molar-refractivity contribution in [1.29, 1.82) is 0 Å². The lowest BCUT2D eigenvalue weighted by atomic mass is 10.1. The first-order valence-electron chi connectivity index (χ1n) is 7.56. The molecule has 8 heteroatoms. The summed E-state index contributed by atoms with van der Waals surface area (Å²) in [4.78, 5) is 12.3. The van der Waals surface area contributed by atoms with E-state index in [4.69, 9.17) is 25.8 Å². The molecular formula is C18H16ClF3O4. The third-order valence-corrected chi connectivity index (χ3v) is 3.59. The Morgan fingerprint density at radius 1 is 1.12 bits per heavy atom. The minimum Gasteiger partial charge on any atom is -0.474 e. The Balaban J connectivity index is 2.26. The van der Waals surface area contributed by atoms with Crippen LogP contribution < -0.4 is 4.74 Å². The number of carbonyl (C=O) groups is 1. The van der Waals surface area contributed by atoms with Crippen molar-refractivity contribution < 1.29 is 32.2 Å². The molecule has 0 bridgehead atoms. The molecule has 0 radical (unpaired) electrons. The molecule has 0 aliphatic rings. The molecular weight excluding hydrogens is 373 g/mol. The van der Waals surface area contributed by atoms with Crippen LogP contribution in [0.25, 0.3) is 0 Å². The number of methoxy groups -OCH3 is 1. The number of hydrogen-bond acceptors (Lipinski definition) is 4. The fourth-order valence-electron chi connectivity index (χ4n) is 2.07. The fourth-order valence-corrected chi connectivity index (χ4v) is 2.20. The Morgan fingerprint density at radius 2 is 1.81 bits per heavy atom. The van der Waals surface area contributed by atoms with Crippen LogP contribution in [0.1, 0.15) is 17.2 Å². The van der Waals surface area contributed by atoms with Gasteiger partial charge in [-0.1, -0.05) is 29.8 Å². The van der Waals surface area contributed by atoms with Gasteiger partial charge >= 0.3 is 12.1 Å². The molecule has 1 atom stereocenters. The zero-order valence-corrected chi connectivity index (χ0v) is 14.5. The Labute approximate surface area is 153 Å². The van der Waals surface area contributed by atoms with Gasteiger partial charge in [-0.15, -0.1) is 0 Å². The highest BCUT2D eigenvalue weighted by Gasteiger charge is 2.31. The molecule has 0 amide bonds. The standard InChI is InChI=1S/C18H16ClF3O4/c1-24-9-10-25-17(23)16(12-5-7-14(19)8-6-12)26-15-4-2-3-13(11-15)18(20,21)22/h2-8,11,16H,9-10H2,1H3. The summed E-state index contributed by atoms with van der Waals surface area (Å²) in [5.74, 6) is -0.856. The van der Waals surface area contributed by atoms with Crippen molar-refractivity contribution in [3.63, 3.8) is 0 Å². The molecule has 0 N–H and O–H groups in total. The predicted molar refractivity (Wildman–Crippen MR) is 89.1 cm³/mol. The maximum atomic E-state index is 12.9. The van der Waals surface area contributed by atoms with Crippen LogP contribution in [0.15, 0.2) is 48.5 Å². The highest BCUT2D eigenvalue weighted by atomic mass is 35.5. The van der Waals surface area contributed by atoms with E-state index in [1.165, 1.54) is 31.4 Å². The number of rotatable bonds is 7. The fraction of sp³-hybridized carbons (Fsp3) is 0.278. The molecule has 0 aliphatic carbocycles. The molecule has 140 valence electrons. The largest absolute Gasteiger partial charge is 0.474 e. The molecule has 2 rings (SSSR count). The van der Waals surface area contributed by atoms with Crippen LogP contribution in [0.2, 0.25) is 5.02 Å². The lowest BCUT2D eigenvalue weighted by molar-refractivity contribution is -0.153. The first kappa shape index (κ1) is 20.1. The summed E-state index contributed by atoms with van der Waals surface area (Å²) in [5.41, 5.74) is -0.480. The van der Waals surface area contributed by atoms with Crippen molar-refractivity contribution in [3.8, 4) is 5.75 Å². The molecule has 0 saturated heterocycles. The third-order valence-electron chi connectivity index (χ3n) is 3.33. The van der Waals surface area contributed by atoms with Gasteiger partial charge in [0.15, 0.2) is 0 Å². The average molecular weight is 389 g/mol. The van der Waals surface area contributed by atoms with E-state index in [0.717, 1.165) is 12.1 Å². The molecule has 1 unspecified atom stereocenters. The van der Waals surface area contributed by atoms with Gasteiger partial charge in [0.2, 0.25) is 6.10 Å². The van der Waals surface area contributed by atoms with E-state index in [1.54, 1.807) is 12.1 Å². The van der Waals surface area contributed by atoms with Crippen LogP contribution in [0.4, 0.5) is 13.2 Å². The summed E-state index contributed by atoms with van der Waals surface area (Å²) in [7, 11) is 1.45. The minimum atomic E-state index is -4.52. The summed E-state index contributed by atoms with van der Waals surface area (Å²) >= 11 is 5.83. The number of benzene rings is 2. The van der Waals surface area contributed by atoms with Gasteiger partial charge in [-0.05, 0) is 30.3 Å². The summed E-state index contributed by atoms with van der Waals surface area (Å²) in [6.07, 6.45) is -5.76. The molecule has 0 aliphatic heterocycles. The number of alkyl halides is 3. The zero-order valence-electron chi connectivity index (χ0n) is 13.8. The second kappa shape index (κ2) is 8.91. The molecule has 0 aromatic heterocycles. The van der Waals surface area contributed by atoms with Crippen molar-refractivity contribution in [2.75, 3.05) is 20.3 Å². The molecule has 0 spiro atoms. The van der Waals surface area contributed by atoms with Crippen LogP contribution >= 0.6 is 11.6 Å². The number of halogens is 4. The summed E-state index contributed by atoms with van der Waals surface area (Å²) in [5, 5.41) is 0.444. The van der Waals surface area contributed by atoms with Crippen LogP contribution in [-0.2, 0) is 20.4 Å². The summed E-state index contributed by atoms with van der Waals surface area (Å²) in [6.45, 7) is 0.175. The third kappa shape index (κ3) is 5.64. The maximum absolute atomic E-state index is 12.9. The molecule has 0 saturated carbocycles. The number of hydrogen-bond donors (Lipinski definition) is 0. The van der Waals surface area contributed by atoms with Crippen LogP contribution in [0.5, 0.6) is 5.75 Å². The Kier molecular flexibility index (Phi) is 6.88. The van der Waals surface area contributed by atoms with E-state index in [2.05, 4.69) is 0 Å². The smallest absolute Gasteiger partial charge is 0.416 e. The van der Waals surface area contributed by atoms with E-state index >= 15 is 0 Å². The van der Waals surface area contributed by atoms with Gasteiger partial charge in [0, 0.05) is 17.7 Å². The van der Waals surface area contributed by atoms with E-state index in [0.29, 0.717) is 10.6 Å². The van der Waals surface area contributed by atoms with Crippen molar-refractivity contribution in [2.45, 2.75) is 12.3 Å². The van der Waals surface area contributed by atoms with Gasteiger partial charge in [-0.25, -0.2) is 4.79 Å². The number of ether oxygens (including phenoxy) is 3. The van der Waals surface area contributed by atoms with Crippen molar-refractivity contribution in [1.82, 2.24) is 0 Å². The van der Waals surface area contributed by atoms with E-state index in [-0.39, 0.29) is 19.0 Å². The first-order chi connectivity index (χ1) is 12.3. The van der Waals surface area contributed by atoms with Crippen molar-refractivity contribution >= 4 is 17.6 Å². The van der Waals surface area contributed by atoms with Crippen LogP contribution in [-0.4, -0.2) is 26.3 Å². The topological polar surface area (TPSA) is 44.8 Å². The monoisotopic (exact) mass is 388 g/mol. The average Bonchev–Trinajstić information content (AvgIpc) is 2.60. The maximum Gasteiger partial charge on any atom is 0.416 e. The molecule has 0 fully saturated rings. The van der Waals surface area contributed by atoms with Gasteiger partial charge in [0.1, 0.15) is 12.4 Å². The Hall–Kier alpha value is -2.25. The lowest BCUT2D eigenvalue weighted by Gasteiger charge is -2.19. The number of esters is 1. The van der Waals surface area contributed by atoms with Gasteiger partial charge in [-0.2, -0.15) is 13.2 Å². The normalized spacial score (nSPS) is 12.5. The number of carbonyl (C=O) groups excluding carboxylic acids is 1. The first-order valence-corrected chi connectivity index (χ1v) is 7.94. The molecule has 2 aromatic rings. The van der Waals surface area contributed by atoms with E-state index in [9.17, 15) is 18.0 Å². The molecule has 4 nitrogen and oxygen atoms in total. The van der Waals surface area contributed by atoms with Crippen molar-refractivity contribution in [2.24, 2.45) is 0 Å². The zero-order chi connectivity index (χ0) is 19.2. The van der Waals surface area contributed by atoms with Gasteiger partial charge in [0.25, 0.3) is 0 Å².